The standard InChI is InChI=1S/C8H4BrNO2/c9-5-3-6(11)7-4(8(5)12)1-2-10-7/h1-3,10H. The molecule has 0 aromatic carbocycles. The zero-order chi connectivity index (χ0) is 8.72. The molecule has 0 aliphatic heterocycles. The molecule has 1 aliphatic rings. The Labute approximate surface area is 76.6 Å². The molecular weight excluding hydrogens is 222 g/mol. The van der Waals surface area contributed by atoms with Crippen LogP contribution in [0.4, 0.5) is 0 Å². The third kappa shape index (κ3) is 0.881. The number of hydrogen-bond acceptors (Lipinski definition) is 2. The number of halogens is 1. The normalized spacial score (nSPS) is 15.9. The minimum atomic E-state index is -0.165. The number of nitrogens with one attached hydrogen (secondary N) is 1. The van der Waals surface area contributed by atoms with Gasteiger partial charge in [-0.2, -0.15) is 0 Å². The molecule has 2 rings (SSSR count). The van der Waals surface area contributed by atoms with E-state index in [2.05, 4.69) is 20.9 Å². The van der Waals surface area contributed by atoms with Crippen LogP contribution < -0.4 is 0 Å². The molecule has 1 aromatic heterocycles. The van der Waals surface area contributed by atoms with Crippen molar-refractivity contribution in [1.29, 1.82) is 0 Å². The first-order valence-electron chi connectivity index (χ1n) is 3.34. The number of ketones is 2. The van der Waals surface area contributed by atoms with Gasteiger partial charge in [-0.25, -0.2) is 0 Å². The summed E-state index contributed by atoms with van der Waals surface area (Å²) >= 11 is 3.03. The second-order valence-corrected chi connectivity index (χ2v) is 3.31. The van der Waals surface area contributed by atoms with E-state index in [0.29, 0.717) is 15.7 Å². The van der Waals surface area contributed by atoms with Crippen molar-refractivity contribution in [3.63, 3.8) is 0 Å². The highest BCUT2D eigenvalue weighted by atomic mass is 79.9. The smallest absolute Gasteiger partial charge is 0.204 e. The first-order valence-corrected chi connectivity index (χ1v) is 4.13. The highest BCUT2D eigenvalue weighted by Crippen LogP contribution is 2.23. The molecule has 3 nitrogen and oxygen atoms in total. The summed E-state index contributed by atoms with van der Waals surface area (Å²) in [7, 11) is 0. The predicted octanol–water partition coefficient (Wildman–Crippen LogP) is 1.67. The van der Waals surface area contributed by atoms with Crippen molar-refractivity contribution in [2.24, 2.45) is 0 Å². The summed E-state index contributed by atoms with van der Waals surface area (Å²) in [6.07, 6.45) is 2.86. The van der Waals surface area contributed by atoms with Gasteiger partial charge in [-0.05, 0) is 22.0 Å². The summed E-state index contributed by atoms with van der Waals surface area (Å²) in [5.74, 6) is -0.313. The molecule has 0 saturated heterocycles. The third-order valence-electron chi connectivity index (χ3n) is 1.71. The lowest BCUT2D eigenvalue weighted by atomic mass is 10.0. The first kappa shape index (κ1) is 7.49. The van der Waals surface area contributed by atoms with Crippen LogP contribution in [0.3, 0.4) is 0 Å². The summed E-state index contributed by atoms with van der Waals surface area (Å²) in [6.45, 7) is 0. The number of carbonyl (C=O) groups excluding carboxylic acids is 2. The molecule has 0 spiro atoms. The molecule has 1 heterocycles. The van der Waals surface area contributed by atoms with E-state index >= 15 is 0 Å². The molecule has 0 atom stereocenters. The molecule has 0 amide bonds. The second kappa shape index (κ2) is 2.42. The van der Waals surface area contributed by atoms with Crippen LogP contribution in [0.5, 0.6) is 0 Å². The van der Waals surface area contributed by atoms with Crippen molar-refractivity contribution in [3.05, 3.63) is 34.1 Å². The van der Waals surface area contributed by atoms with Crippen LogP contribution in [0.1, 0.15) is 20.8 Å². The number of hydrogen-bond donors (Lipinski definition) is 1. The lowest BCUT2D eigenvalue weighted by Crippen LogP contribution is -2.12. The van der Waals surface area contributed by atoms with Crippen molar-refractivity contribution in [2.45, 2.75) is 0 Å². The predicted molar refractivity (Wildman–Crippen MR) is 46.5 cm³/mol. The molecular formula is C8H4BrNO2. The van der Waals surface area contributed by atoms with E-state index in [9.17, 15) is 9.59 Å². The summed E-state index contributed by atoms with van der Waals surface area (Å²) in [6, 6.07) is 1.60. The molecule has 0 fully saturated rings. The lowest BCUT2D eigenvalue weighted by molar-refractivity contribution is 0.0990. The molecule has 0 saturated carbocycles. The Morgan fingerprint density at radius 3 is 2.83 bits per heavy atom. The zero-order valence-corrected chi connectivity index (χ0v) is 7.51. The van der Waals surface area contributed by atoms with E-state index in [-0.39, 0.29) is 11.6 Å². The summed E-state index contributed by atoms with van der Waals surface area (Å²) in [4.78, 5) is 25.3. The van der Waals surface area contributed by atoms with E-state index in [4.69, 9.17) is 0 Å². The van der Waals surface area contributed by atoms with Crippen LogP contribution >= 0.6 is 15.9 Å². The fourth-order valence-electron chi connectivity index (χ4n) is 1.14. The SMILES string of the molecule is O=C1C(Br)=CC(=O)c2[nH]ccc21. The molecule has 0 unspecified atom stereocenters. The maximum absolute atomic E-state index is 11.3. The van der Waals surface area contributed by atoms with E-state index in [1.54, 1.807) is 12.3 Å². The molecule has 1 N–H and O–H groups in total. The van der Waals surface area contributed by atoms with E-state index in [0.717, 1.165) is 0 Å². The number of carbonyl (C=O) groups is 2. The Hall–Kier alpha value is -1.16. The van der Waals surface area contributed by atoms with Crippen LogP contribution in [0.2, 0.25) is 0 Å². The molecule has 1 aromatic rings. The molecule has 60 valence electrons. The number of H-pyrrole nitrogens is 1. The van der Waals surface area contributed by atoms with Gasteiger partial charge in [0.05, 0.1) is 15.7 Å². The topological polar surface area (TPSA) is 49.9 Å². The van der Waals surface area contributed by atoms with Crippen molar-refractivity contribution < 1.29 is 9.59 Å². The lowest BCUT2D eigenvalue weighted by Gasteiger charge is -2.05. The van der Waals surface area contributed by atoms with E-state index < -0.39 is 0 Å². The van der Waals surface area contributed by atoms with Gasteiger partial charge in [-0.15, -0.1) is 0 Å². The summed E-state index contributed by atoms with van der Waals surface area (Å²) in [5.41, 5.74) is 0.817. The van der Waals surface area contributed by atoms with Crippen LogP contribution in [0.25, 0.3) is 0 Å². The van der Waals surface area contributed by atoms with Crippen LogP contribution in [-0.2, 0) is 0 Å². The Morgan fingerprint density at radius 1 is 1.33 bits per heavy atom. The summed E-state index contributed by atoms with van der Waals surface area (Å²) < 4.78 is 0.319. The van der Waals surface area contributed by atoms with Crippen LogP contribution in [0.15, 0.2) is 22.8 Å². The number of allylic oxidation sites excluding steroid dienone is 2. The van der Waals surface area contributed by atoms with Gasteiger partial charge in [-0.1, -0.05) is 0 Å². The average molecular weight is 226 g/mol. The Balaban J connectivity index is 2.67. The molecule has 1 aliphatic carbocycles. The number of rotatable bonds is 0. The monoisotopic (exact) mass is 225 g/mol. The van der Waals surface area contributed by atoms with Crippen LogP contribution in [-0.4, -0.2) is 16.6 Å². The van der Waals surface area contributed by atoms with Crippen LogP contribution in [0, 0.1) is 0 Å². The van der Waals surface area contributed by atoms with Crippen molar-refractivity contribution in [1.82, 2.24) is 4.98 Å². The van der Waals surface area contributed by atoms with Crippen molar-refractivity contribution >= 4 is 27.5 Å². The highest BCUT2D eigenvalue weighted by molar-refractivity contribution is 9.12. The zero-order valence-electron chi connectivity index (χ0n) is 5.93. The minimum absolute atomic E-state index is 0.147. The number of aromatic amines is 1. The maximum Gasteiger partial charge on any atom is 0.204 e. The molecule has 12 heavy (non-hydrogen) atoms. The van der Waals surface area contributed by atoms with Gasteiger partial charge in [0.1, 0.15) is 0 Å². The maximum atomic E-state index is 11.3. The third-order valence-corrected chi connectivity index (χ3v) is 2.30. The fraction of sp³-hybridized carbons (Fsp3) is 0. The minimum Gasteiger partial charge on any atom is -0.358 e. The van der Waals surface area contributed by atoms with Gasteiger partial charge < -0.3 is 4.98 Å². The Kier molecular flexibility index (Phi) is 1.51. The number of fused-ring (bicyclic) bond motifs is 1. The van der Waals surface area contributed by atoms with Gasteiger partial charge in [0.15, 0.2) is 0 Å². The van der Waals surface area contributed by atoms with Gasteiger partial charge in [-0.3, -0.25) is 9.59 Å². The number of Topliss-reactive ketones (excluding diaryl/α,β-unsaturated/α-hetero) is 1. The largest absolute Gasteiger partial charge is 0.358 e. The average Bonchev–Trinajstić information content (AvgIpc) is 2.48. The second-order valence-electron chi connectivity index (χ2n) is 2.45. The van der Waals surface area contributed by atoms with Gasteiger partial charge in [0.25, 0.3) is 0 Å². The molecule has 0 bridgehead atoms. The summed E-state index contributed by atoms with van der Waals surface area (Å²) in [5, 5.41) is 0. The van der Waals surface area contributed by atoms with Gasteiger partial charge in [0, 0.05) is 12.3 Å². The van der Waals surface area contributed by atoms with Gasteiger partial charge >= 0.3 is 0 Å². The fourth-order valence-corrected chi connectivity index (χ4v) is 1.57. The van der Waals surface area contributed by atoms with Crippen molar-refractivity contribution in [2.75, 3.05) is 0 Å². The first-order chi connectivity index (χ1) is 5.70. The Morgan fingerprint density at radius 2 is 2.08 bits per heavy atom. The quantitative estimate of drug-likeness (QED) is 0.731. The number of aromatic nitrogens is 1. The Bertz CT molecular complexity index is 403. The highest BCUT2D eigenvalue weighted by Gasteiger charge is 2.24. The van der Waals surface area contributed by atoms with Gasteiger partial charge in [0.2, 0.25) is 11.6 Å². The molecule has 0 radical (unpaired) electrons. The van der Waals surface area contributed by atoms with E-state index in [1.165, 1.54) is 6.08 Å². The van der Waals surface area contributed by atoms with E-state index in [1.807, 2.05) is 0 Å². The van der Waals surface area contributed by atoms with Crippen molar-refractivity contribution in [3.8, 4) is 0 Å². The molecule has 4 heteroatoms.